The lowest BCUT2D eigenvalue weighted by Crippen LogP contribution is -2.21. The molecule has 0 saturated heterocycles. The van der Waals surface area contributed by atoms with Crippen molar-refractivity contribution in [2.24, 2.45) is 0 Å². The fraction of sp³-hybridized carbons (Fsp3) is 0.385. The number of allylic oxidation sites excluding steroid dienone is 1. The molecule has 9 heteroatoms. The number of hydrogen-bond acceptors (Lipinski definition) is 7. The minimum absolute atomic E-state index is 0.294. The molecule has 4 aromatic rings. The van der Waals surface area contributed by atoms with Crippen molar-refractivity contribution in [1.82, 2.24) is 34.6 Å². The number of aryl methyl sites for hydroxylation is 1. The molecule has 35 heavy (non-hydrogen) atoms. The van der Waals surface area contributed by atoms with Gasteiger partial charge in [0.15, 0.2) is 17.0 Å². The summed E-state index contributed by atoms with van der Waals surface area (Å²) in [6.07, 6.45) is 12.7. The summed E-state index contributed by atoms with van der Waals surface area (Å²) < 4.78 is 9.90. The zero-order valence-corrected chi connectivity index (χ0v) is 19.9. The Morgan fingerprint density at radius 1 is 1.17 bits per heavy atom. The van der Waals surface area contributed by atoms with Crippen LogP contribution in [0.5, 0.6) is 6.01 Å². The molecule has 6 rings (SSSR count). The van der Waals surface area contributed by atoms with Crippen LogP contribution >= 0.6 is 0 Å². The predicted molar refractivity (Wildman–Crippen MR) is 135 cm³/mol. The van der Waals surface area contributed by atoms with Crippen LogP contribution < -0.4 is 15.8 Å². The van der Waals surface area contributed by atoms with Gasteiger partial charge >= 0.3 is 6.01 Å². The van der Waals surface area contributed by atoms with E-state index >= 15 is 0 Å². The van der Waals surface area contributed by atoms with Crippen molar-refractivity contribution < 1.29 is 4.74 Å². The van der Waals surface area contributed by atoms with E-state index in [1.165, 1.54) is 29.5 Å². The summed E-state index contributed by atoms with van der Waals surface area (Å²) in [5, 5.41) is 8.16. The number of nitrogens with two attached hydrogens (primary N) is 1. The quantitative estimate of drug-likeness (QED) is 0.431. The summed E-state index contributed by atoms with van der Waals surface area (Å²) in [6.45, 7) is 4.93. The second-order valence-electron chi connectivity index (χ2n) is 9.33. The highest BCUT2D eigenvalue weighted by Crippen LogP contribution is 2.28. The number of hydrogen-bond donors (Lipinski definition) is 2. The summed E-state index contributed by atoms with van der Waals surface area (Å²) >= 11 is 0. The molecule has 180 valence electrons. The molecule has 9 nitrogen and oxygen atoms in total. The number of nitrogens with one attached hydrogen (secondary N) is 1. The van der Waals surface area contributed by atoms with E-state index in [4.69, 9.17) is 10.5 Å². The zero-order chi connectivity index (χ0) is 23.8. The van der Waals surface area contributed by atoms with Crippen molar-refractivity contribution in [2.45, 2.75) is 51.7 Å². The molecule has 0 radical (unpaired) electrons. The van der Waals surface area contributed by atoms with E-state index in [2.05, 4.69) is 66.5 Å². The van der Waals surface area contributed by atoms with Crippen LogP contribution in [0.25, 0.3) is 22.3 Å². The van der Waals surface area contributed by atoms with Crippen LogP contribution in [-0.4, -0.2) is 48.5 Å². The third-order valence-corrected chi connectivity index (χ3v) is 6.62. The van der Waals surface area contributed by atoms with Crippen molar-refractivity contribution in [3.8, 4) is 17.1 Å². The molecular weight excluding hydrogens is 440 g/mol. The highest BCUT2D eigenvalue weighted by atomic mass is 16.5. The molecule has 0 amide bonds. The number of anilines is 1. The first-order valence-corrected chi connectivity index (χ1v) is 12.3. The summed E-state index contributed by atoms with van der Waals surface area (Å²) in [4.78, 5) is 13.5. The Bertz CT molecular complexity index is 1400. The molecule has 1 saturated carbocycles. The molecule has 0 unspecified atom stereocenters. The Morgan fingerprint density at radius 3 is 2.97 bits per heavy atom. The van der Waals surface area contributed by atoms with Gasteiger partial charge in [-0.25, -0.2) is 4.98 Å². The molecule has 0 spiro atoms. The monoisotopic (exact) mass is 470 g/mol. The van der Waals surface area contributed by atoms with E-state index in [1.54, 1.807) is 0 Å². The van der Waals surface area contributed by atoms with Gasteiger partial charge in [0.1, 0.15) is 5.82 Å². The van der Waals surface area contributed by atoms with Gasteiger partial charge in [0, 0.05) is 24.3 Å². The van der Waals surface area contributed by atoms with Crippen molar-refractivity contribution in [2.75, 3.05) is 18.9 Å². The lowest BCUT2D eigenvalue weighted by molar-refractivity contribution is 0.300. The number of ether oxygens (including phenoxy) is 1. The number of benzene rings is 1. The second kappa shape index (κ2) is 9.14. The van der Waals surface area contributed by atoms with E-state index in [0.717, 1.165) is 37.3 Å². The summed E-state index contributed by atoms with van der Waals surface area (Å²) in [6, 6.07) is 7.67. The van der Waals surface area contributed by atoms with Gasteiger partial charge in [-0.3, -0.25) is 4.68 Å². The first kappa shape index (κ1) is 21.8. The van der Waals surface area contributed by atoms with E-state index in [0.29, 0.717) is 42.2 Å². The van der Waals surface area contributed by atoms with Gasteiger partial charge in [-0.2, -0.15) is 15.1 Å². The molecule has 0 atom stereocenters. The number of nitrogens with zero attached hydrogens (tertiary/aromatic N) is 6. The Balaban J connectivity index is 1.33. The Hall–Kier alpha value is -3.72. The normalized spacial score (nSPS) is 16.8. The number of aromatic nitrogens is 6. The number of nitrogen functional groups attached to an aromatic ring is 1. The maximum atomic E-state index is 6.17. The van der Waals surface area contributed by atoms with Crippen molar-refractivity contribution in [3.05, 3.63) is 59.7 Å². The molecular formula is C26H30N8O. The van der Waals surface area contributed by atoms with Crippen LogP contribution in [-0.2, 0) is 19.5 Å². The highest BCUT2D eigenvalue weighted by molar-refractivity contribution is 5.82. The van der Waals surface area contributed by atoms with Gasteiger partial charge in [0.25, 0.3) is 0 Å². The Morgan fingerprint density at radius 2 is 2.09 bits per heavy atom. The minimum Gasteiger partial charge on any atom is -0.463 e. The van der Waals surface area contributed by atoms with Gasteiger partial charge in [-0.15, -0.1) is 0 Å². The third-order valence-electron chi connectivity index (χ3n) is 6.62. The maximum Gasteiger partial charge on any atom is 0.320 e. The van der Waals surface area contributed by atoms with E-state index in [9.17, 15) is 0 Å². The summed E-state index contributed by atoms with van der Waals surface area (Å²) in [5.41, 5.74) is 12.3. The predicted octanol–water partition coefficient (Wildman–Crippen LogP) is 3.26. The fourth-order valence-corrected chi connectivity index (χ4v) is 4.58. The van der Waals surface area contributed by atoms with Crippen molar-refractivity contribution >= 4 is 17.0 Å². The smallest absolute Gasteiger partial charge is 0.320 e. The van der Waals surface area contributed by atoms with E-state index in [1.807, 2.05) is 17.8 Å². The van der Waals surface area contributed by atoms with Crippen LogP contribution in [0.2, 0.25) is 0 Å². The van der Waals surface area contributed by atoms with Gasteiger partial charge < -0.3 is 20.4 Å². The molecule has 1 fully saturated rings. The second-order valence-corrected chi connectivity index (χ2v) is 9.33. The van der Waals surface area contributed by atoms with E-state index in [-0.39, 0.29) is 0 Å². The lowest BCUT2D eigenvalue weighted by Gasteiger charge is -2.13. The van der Waals surface area contributed by atoms with Crippen molar-refractivity contribution in [3.63, 3.8) is 0 Å². The Kier molecular flexibility index (Phi) is 5.69. The first-order chi connectivity index (χ1) is 17.1. The van der Waals surface area contributed by atoms with E-state index < -0.39 is 0 Å². The van der Waals surface area contributed by atoms with Gasteiger partial charge in [-0.1, -0.05) is 30.4 Å². The minimum atomic E-state index is 0.294. The molecule has 1 aliphatic heterocycles. The summed E-state index contributed by atoms with van der Waals surface area (Å²) in [7, 11) is 0. The Labute approximate surface area is 204 Å². The molecule has 4 heterocycles. The number of imidazole rings is 1. The SMILES string of the molecule is Cc1nc2c(N)nc3nc2n1Cc1ccc(-c2cnn(CCNC4CC4)c2)c(c1)C/C=C\CCO3. The zero-order valence-electron chi connectivity index (χ0n) is 19.9. The van der Waals surface area contributed by atoms with Crippen molar-refractivity contribution in [1.29, 1.82) is 0 Å². The lowest BCUT2D eigenvalue weighted by atomic mass is 9.97. The fourth-order valence-electron chi connectivity index (χ4n) is 4.58. The number of fused-ring (bicyclic) bond motifs is 3. The van der Waals surface area contributed by atoms with Gasteiger partial charge in [0.2, 0.25) is 0 Å². The molecule has 2 aliphatic rings. The van der Waals surface area contributed by atoms with Crippen LogP contribution in [0.4, 0.5) is 5.82 Å². The largest absolute Gasteiger partial charge is 0.463 e. The van der Waals surface area contributed by atoms with Crippen LogP contribution in [0.15, 0.2) is 42.7 Å². The first-order valence-electron chi connectivity index (χ1n) is 12.3. The van der Waals surface area contributed by atoms with Gasteiger partial charge in [-0.05, 0) is 49.3 Å². The average Bonchev–Trinajstić information content (AvgIpc) is 3.46. The molecule has 4 bridgehead atoms. The number of rotatable bonds is 5. The van der Waals surface area contributed by atoms with Gasteiger partial charge in [0.05, 0.1) is 25.9 Å². The average molecular weight is 471 g/mol. The topological polar surface area (TPSA) is 109 Å². The molecule has 1 aliphatic carbocycles. The van der Waals surface area contributed by atoms with Crippen LogP contribution in [0.1, 0.15) is 36.2 Å². The maximum absolute atomic E-state index is 6.17. The summed E-state index contributed by atoms with van der Waals surface area (Å²) in [5.74, 6) is 1.19. The molecule has 3 N–H and O–H groups in total. The molecule has 3 aromatic heterocycles. The molecule has 1 aromatic carbocycles. The standard InChI is InChI=1S/C26H30N8O/c1-17-30-23-24(27)31-26-32-25(23)34(17)15-18-6-9-22(19(13-18)5-3-2-4-12-35-26)20-14-29-33(16-20)11-10-28-21-7-8-21/h2-3,6,9,13-14,16,21,28H,4-5,7-8,10-12,15H2,1H3,(H2,27,31,32)/b3-2-. The van der Waals surface area contributed by atoms with Crippen LogP contribution in [0, 0.1) is 6.92 Å². The van der Waals surface area contributed by atoms with Crippen LogP contribution in [0.3, 0.4) is 0 Å². The third kappa shape index (κ3) is 4.64. The highest BCUT2D eigenvalue weighted by Gasteiger charge is 2.20.